The van der Waals surface area contributed by atoms with Gasteiger partial charge in [0.1, 0.15) is 0 Å². The molecule has 3 heterocycles. The van der Waals surface area contributed by atoms with Crippen molar-refractivity contribution in [3.8, 4) is 11.3 Å². The zero-order chi connectivity index (χ0) is 11.0. The lowest BCUT2D eigenvalue weighted by atomic mass is 10.2. The number of aryl methyl sites for hydroxylation is 1. The third-order valence-corrected chi connectivity index (χ3v) is 3.10. The van der Waals surface area contributed by atoms with Crippen LogP contribution in [-0.2, 0) is 6.42 Å². The average Bonchev–Trinajstić information content (AvgIpc) is 2.97. The molecule has 0 aliphatic carbocycles. The van der Waals surface area contributed by atoms with Gasteiger partial charge in [-0.3, -0.25) is 0 Å². The standard InChI is InChI=1S/C11H10N4S/c1-2-10-13-11-12-5-3-9(15(11)14-10)8-4-6-16-7-8/h3-7H,2H2,1H3. The van der Waals surface area contributed by atoms with Gasteiger partial charge in [-0.25, -0.2) is 4.98 Å². The maximum absolute atomic E-state index is 4.43. The Kier molecular flexibility index (Phi) is 2.18. The van der Waals surface area contributed by atoms with Gasteiger partial charge in [0.05, 0.1) is 5.69 Å². The quantitative estimate of drug-likeness (QED) is 0.679. The minimum absolute atomic E-state index is 0.667. The molecule has 0 bridgehead atoms. The van der Waals surface area contributed by atoms with Crippen LogP contribution >= 0.6 is 11.3 Å². The molecule has 0 fully saturated rings. The van der Waals surface area contributed by atoms with Crippen LogP contribution in [0.25, 0.3) is 17.0 Å². The Labute approximate surface area is 96.6 Å². The molecule has 80 valence electrons. The van der Waals surface area contributed by atoms with E-state index < -0.39 is 0 Å². The van der Waals surface area contributed by atoms with Gasteiger partial charge in [0.15, 0.2) is 5.82 Å². The Bertz CT molecular complexity index is 612. The lowest BCUT2D eigenvalue weighted by Crippen LogP contribution is -1.95. The highest BCUT2D eigenvalue weighted by Gasteiger charge is 2.08. The second kappa shape index (κ2) is 3.68. The van der Waals surface area contributed by atoms with Crippen molar-refractivity contribution < 1.29 is 0 Å². The average molecular weight is 230 g/mol. The van der Waals surface area contributed by atoms with Gasteiger partial charge in [0.25, 0.3) is 5.78 Å². The molecule has 3 rings (SSSR count). The van der Waals surface area contributed by atoms with Crippen LogP contribution in [0.3, 0.4) is 0 Å². The van der Waals surface area contributed by atoms with E-state index in [9.17, 15) is 0 Å². The highest BCUT2D eigenvalue weighted by atomic mass is 32.1. The number of rotatable bonds is 2. The first-order valence-electron chi connectivity index (χ1n) is 5.11. The Morgan fingerprint density at radius 3 is 3.06 bits per heavy atom. The minimum Gasteiger partial charge on any atom is -0.220 e. The third kappa shape index (κ3) is 1.40. The summed E-state index contributed by atoms with van der Waals surface area (Å²) < 4.78 is 1.81. The van der Waals surface area contributed by atoms with E-state index in [2.05, 4.69) is 31.9 Å². The molecule has 3 aromatic rings. The first-order valence-corrected chi connectivity index (χ1v) is 6.06. The topological polar surface area (TPSA) is 43.1 Å². The lowest BCUT2D eigenvalue weighted by molar-refractivity contribution is 0.885. The van der Waals surface area contributed by atoms with E-state index in [1.165, 1.54) is 0 Å². The number of fused-ring (bicyclic) bond motifs is 1. The molecule has 0 saturated carbocycles. The number of thiophene rings is 1. The summed E-state index contributed by atoms with van der Waals surface area (Å²) in [5.41, 5.74) is 2.20. The van der Waals surface area contributed by atoms with Crippen molar-refractivity contribution in [2.45, 2.75) is 13.3 Å². The van der Waals surface area contributed by atoms with Gasteiger partial charge >= 0.3 is 0 Å². The molecule has 0 atom stereocenters. The van der Waals surface area contributed by atoms with Gasteiger partial charge < -0.3 is 0 Å². The zero-order valence-electron chi connectivity index (χ0n) is 8.79. The zero-order valence-corrected chi connectivity index (χ0v) is 9.61. The molecule has 3 aromatic heterocycles. The van der Waals surface area contributed by atoms with Crippen LogP contribution in [0.1, 0.15) is 12.7 Å². The van der Waals surface area contributed by atoms with E-state index in [-0.39, 0.29) is 0 Å². The van der Waals surface area contributed by atoms with Crippen molar-refractivity contribution >= 4 is 17.1 Å². The summed E-state index contributed by atoms with van der Waals surface area (Å²) in [5, 5.41) is 8.59. The fourth-order valence-electron chi connectivity index (χ4n) is 1.61. The molecule has 0 aliphatic rings. The van der Waals surface area contributed by atoms with Gasteiger partial charge in [-0.2, -0.15) is 20.8 Å². The largest absolute Gasteiger partial charge is 0.252 e. The van der Waals surface area contributed by atoms with Crippen molar-refractivity contribution in [3.63, 3.8) is 0 Å². The van der Waals surface area contributed by atoms with E-state index in [1.807, 2.05) is 13.0 Å². The number of hydrogen-bond acceptors (Lipinski definition) is 4. The molecule has 0 unspecified atom stereocenters. The highest BCUT2D eigenvalue weighted by Crippen LogP contribution is 2.21. The maximum atomic E-state index is 4.43. The summed E-state index contributed by atoms with van der Waals surface area (Å²) >= 11 is 1.67. The van der Waals surface area contributed by atoms with Gasteiger partial charge in [0, 0.05) is 23.6 Å². The molecule has 0 aliphatic heterocycles. The first kappa shape index (κ1) is 9.47. The lowest BCUT2D eigenvalue weighted by Gasteiger charge is -1.99. The van der Waals surface area contributed by atoms with Crippen molar-refractivity contribution in [2.75, 3.05) is 0 Å². The molecule has 0 N–H and O–H groups in total. The van der Waals surface area contributed by atoms with E-state index in [4.69, 9.17) is 0 Å². The predicted octanol–water partition coefficient (Wildman–Crippen LogP) is 2.42. The summed E-state index contributed by atoms with van der Waals surface area (Å²) in [6.07, 6.45) is 2.60. The fourth-order valence-corrected chi connectivity index (χ4v) is 2.26. The molecule has 0 aromatic carbocycles. The van der Waals surface area contributed by atoms with Gasteiger partial charge in [0.2, 0.25) is 0 Å². The fraction of sp³-hybridized carbons (Fsp3) is 0.182. The Balaban J connectivity index is 2.28. The molecule has 0 saturated heterocycles. The second-order valence-electron chi connectivity index (χ2n) is 3.44. The van der Waals surface area contributed by atoms with Crippen LogP contribution in [-0.4, -0.2) is 19.6 Å². The van der Waals surface area contributed by atoms with Crippen molar-refractivity contribution in [1.82, 2.24) is 19.6 Å². The number of nitrogens with zero attached hydrogens (tertiary/aromatic N) is 4. The van der Waals surface area contributed by atoms with E-state index in [0.29, 0.717) is 5.78 Å². The van der Waals surface area contributed by atoms with Crippen LogP contribution in [0.5, 0.6) is 0 Å². The van der Waals surface area contributed by atoms with Crippen LogP contribution in [0.4, 0.5) is 0 Å². The second-order valence-corrected chi connectivity index (χ2v) is 4.22. The summed E-state index contributed by atoms with van der Waals surface area (Å²) in [7, 11) is 0. The monoisotopic (exact) mass is 230 g/mol. The number of hydrogen-bond donors (Lipinski definition) is 0. The molecular weight excluding hydrogens is 220 g/mol. The van der Waals surface area contributed by atoms with Crippen molar-refractivity contribution in [3.05, 3.63) is 34.9 Å². The third-order valence-electron chi connectivity index (χ3n) is 2.42. The van der Waals surface area contributed by atoms with Gasteiger partial charge in [-0.15, -0.1) is 5.10 Å². The smallest absolute Gasteiger partial charge is 0.220 e. The van der Waals surface area contributed by atoms with Crippen LogP contribution in [0.2, 0.25) is 0 Å². The first-order chi connectivity index (χ1) is 7.88. The van der Waals surface area contributed by atoms with E-state index in [0.717, 1.165) is 23.5 Å². The summed E-state index contributed by atoms with van der Waals surface area (Å²) in [5.74, 6) is 1.50. The SMILES string of the molecule is CCc1nc2nccc(-c3ccsc3)n2n1. The highest BCUT2D eigenvalue weighted by molar-refractivity contribution is 7.08. The van der Waals surface area contributed by atoms with Crippen LogP contribution in [0, 0.1) is 0 Å². The molecule has 0 radical (unpaired) electrons. The molecular formula is C11H10N4S. The van der Waals surface area contributed by atoms with Crippen LogP contribution < -0.4 is 0 Å². The molecule has 0 amide bonds. The van der Waals surface area contributed by atoms with E-state index >= 15 is 0 Å². The number of aromatic nitrogens is 4. The Morgan fingerprint density at radius 2 is 2.31 bits per heavy atom. The summed E-state index contributed by atoms with van der Waals surface area (Å²) in [6, 6.07) is 4.04. The normalized spacial score (nSPS) is 11.1. The Morgan fingerprint density at radius 1 is 1.38 bits per heavy atom. The minimum atomic E-state index is 0.667. The van der Waals surface area contributed by atoms with Crippen LogP contribution in [0.15, 0.2) is 29.1 Å². The van der Waals surface area contributed by atoms with Gasteiger partial charge in [-0.1, -0.05) is 6.92 Å². The van der Waals surface area contributed by atoms with Crippen molar-refractivity contribution in [2.24, 2.45) is 0 Å². The van der Waals surface area contributed by atoms with E-state index in [1.54, 1.807) is 22.0 Å². The predicted molar refractivity (Wildman–Crippen MR) is 63.5 cm³/mol. The molecule has 5 heteroatoms. The molecule has 16 heavy (non-hydrogen) atoms. The summed E-state index contributed by atoms with van der Waals surface area (Å²) in [6.45, 7) is 2.04. The van der Waals surface area contributed by atoms with Crippen molar-refractivity contribution in [1.29, 1.82) is 0 Å². The Hall–Kier alpha value is -1.75. The molecule has 4 nitrogen and oxygen atoms in total. The maximum Gasteiger partial charge on any atom is 0.252 e. The summed E-state index contributed by atoms with van der Waals surface area (Å²) in [4.78, 5) is 8.56. The van der Waals surface area contributed by atoms with Gasteiger partial charge in [-0.05, 0) is 17.5 Å². The molecule has 0 spiro atoms.